The molecule has 2 aliphatic rings. The van der Waals surface area contributed by atoms with Crippen molar-refractivity contribution in [3.63, 3.8) is 0 Å². The minimum Gasteiger partial charge on any atom is -0.492 e. The van der Waals surface area contributed by atoms with Crippen molar-refractivity contribution in [3.05, 3.63) is 41.5 Å². The lowest BCUT2D eigenvalue weighted by molar-refractivity contribution is 0.0918. The fourth-order valence-electron chi connectivity index (χ4n) is 5.11. The molecular weight excluding hydrogens is 408 g/mol. The lowest BCUT2D eigenvalue weighted by atomic mass is 9.95. The summed E-state index contributed by atoms with van der Waals surface area (Å²) in [7, 11) is 4.56. The van der Waals surface area contributed by atoms with Gasteiger partial charge in [-0.2, -0.15) is 0 Å². The molecule has 7 nitrogen and oxygen atoms in total. The molecule has 4 rings (SSSR count). The minimum absolute atomic E-state index is 0.191. The molecule has 3 atom stereocenters. The SMILES string of the molecule is COc1c(Oc2ccc(CCN)cc2)cc(C(=O)N[C@@H]2C[C@@H]3CC[C@H]2C3)c(OC)c1OC. The van der Waals surface area contributed by atoms with Crippen LogP contribution in [0.4, 0.5) is 0 Å². The minimum atomic E-state index is -0.191. The molecular formula is C25H32N2O5. The number of methoxy groups -OCH3 is 3. The number of carbonyl (C=O) groups is 1. The van der Waals surface area contributed by atoms with E-state index in [4.69, 9.17) is 24.7 Å². The second-order valence-electron chi connectivity index (χ2n) is 8.56. The first-order valence-corrected chi connectivity index (χ1v) is 11.2. The van der Waals surface area contributed by atoms with Crippen LogP contribution in [0.2, 0.25) is 0 Å². The quantitative estimate of drug-likeness (QED) is 0.614. The van der Waals surface area contributed by atoms with Crippen molar-refractivity contribution in [2.45, 2.75) is 38.1 Å². The number of nitrogens with one attached hydrogen (secondary N) is 1. The summed E-state index contributed by atoms with van der Waals surface area (Å²) in [6.07, 6.45) is 5.52. The van der Waals surface area contributed by atoms with Gasteiger partial charge in [0.05, 0.1) is 26.9 Å². The van der Waals surface area contributed by atoms with E-state index in [9.17, 15) is 4.79 Å². The highest BCUT2D eigenvalue weighted by molar-refractivity contribution is 5.99. The summed E-state index contributed by atoms with van der Waals surface area (Å²) in [6.45, 7) is 0.588. The second-order valence-corrected chi connectivity index (χ2v) is 8.56. The number of fused-ring (bicyclic) bond motifs is 2. The van der Waals surface area contributed by atoms with Gasteiger partial charge in [-0.05, 0) is 61.8 Å². The fraction of sp³-hybridized carbons (Fsp3) is 0.480. The highest BCUT2D eigenvalue weighted by Gasteiger charge is 2.40. The molecule has 0 radical (unpaired) electrons. The summed E-state index contributed by atoms with van der Waals surface area (Å²) in [6, 6.07) is 9.55. The molecule has 0 aromatic heterocycles. The molecule has 2 aromatic carbocycles. The Kier molecular flexibility index (Phi) is 6.74. The summed E-state index contributed by atoms with van der Waals surface area (Å²) in [5, 5.41) is 3.22. The molecule has 0 spiro atoms. The van der Waals surface area contributed by atoms with Crippen LogP contribution in [0.3, 0.4) is 0 Å². The number of carbonyl (C=O) groups excluding carboxylic acids is 1. The van der Waals surface area contributed by atoms with Gasteiger partial charge in [0.15, 0.2) is 11.5 Å². The monoisotopic (exact) mass is 440 g/mol. The van der Waals surface area contributed by atoms with Crippen molar-refractivity contribution in [2.75, 3.05) is 27.9 Å². The van der Waals surface area contributed by atoms with E-state index >= 15 is 0 Å². The number of benzene rings is 2. The number of hydrogen-bond acceptors (Lipinski definition) is 6. The first-order valence-electron chi connectivity index (χ1n) is 11.2. The average molecular weight is 441 g/mol. The molecule has 2 bridgehead atoms. The van der Waals surface area contributed by atoms with E-state index in [1.54, 1.807) is 6.07 Å². The Labute approximate surface area is 189 Å². The summed E-state index contributed by atoms with van der Waals surface area (Å²) in [5.41, 5.74) is 7.12. The Morgan fingerprint density at radius 2 is 1.72 bits per heavy atom. The van der Waals surface area contributed by atoms with E-state index in [0.29, 0.717) is 46.8 Å². The molecule has 3 N–H and O–H groups in total. The van der Waals surface area contributed by atoms with Gasteiger partial charge in [-0.1, -0.05) is 18.6 Å². The van der Waals surface area contributed by atoms with Crippen LogP contribution in [0, 0.1) is 11.8 Å². The number of ether oxygens (including phenoxy) is 4. The highest BCUT2D eigenvalue weighted by atomic mass is 16.5. The van der Waals surface area contributed by atoms with Crippen LogP contribution in [0.1, 0.15) is 41.6 Å². The predicted molar refractivity (Wildman–Crippen MR) is 122 cm³/mol. The van der Waals surface area contributed by atoms with Crippen molar-refractivity contribution >= 4 is 5.91 Å². The van der Waals surface area contributed by atoms with Crippen molar-refractivity contribution in [3.8, 4) is 28.7 Å². The molecule has 0 unspecified atom stereocenters. The third-order valence-corrected chi connectivity index (χ3v) is 6.65. The van der Waals surface area contributed by atoms with Gasteiger partial charge < -0.3 is 30.0 Å². The second kappa shape index (κ2) is 9.69. The molecule has 0 heterocycles. The number of nitrogens with two attached hydrogens (primary N) is 1. The van der Waals surface area contributed by atoms with Gasteiger partial charge in [0, 0.05) is 12.1 Å². The number of amides is 1. The van der Waals surface area contributed by atoms with E-state index in [-0.39, 0.29) is 11.9 Å². The Hall–Kier alpha value is -2.93. The van der Waals surface area contributed by atoms with E-state index in [1.807, 2.05) is 24.3 Å². The molecule has 2 aliphatic carbocycles. The molecule has 0 saturated heterocycles. The van der Waals surface area contributed by atoms with E-state index in [1.165, 1.54) is 40.6 Å². The van der Waals surface area contributed by atoms with Crippen LogP contribution in [-0.2, 0) is 6.42 Å². The third-order valence-electron chi connectivity index (χ3n) is 6.65. The Bertz CT molecular complexity index is 960. The zero-order valence-corrected chi connectivity index (χ0v) is 19.0. The fourth-order valence-corrected chi connectivity index (χ4v) is 5.11. The topological polar surface area (TPSA) is 92.0 Å². The normalized spacial score (nSPS) is 21.3. The molecule has 2 saturated carbocycles. The van der Waals surface area contributed by atoms with E-state index in [2.05, 4.69) is 5.32 Å². The average Bonchev–Trinajstić information content (AvgIpc) is 3.43. The van der Waals surface area contributed by atoms with Gasteiger partial charge in [0.1, 0.15) is 5.75 Å². The molecule has 1 amide bonds. The number of rotatable bonds is 9. The first kappa shape index (κ1) is 22.3. The van der Waals surface area contributed by atoms with E-state index < -0.39 is 0 Å². The summed E-state index contributed by atoms with van der Waals surface area (Å²) < 4.78 is 22.8. The maximum atomic E-state index is 13.3. The van der Waals surface area contributed by atoms with Gasteiger partial charge in [-0.15, -0.1) is 0 Å². The molecule has 2 fully saturated rings. The Balaban J connectivity index is 1.65. The molecule has 32 heavy (non-hydrogen) atoms. The zero-order valence-electron chi connectivity index (χ0n) is 19.0. The Morgan fingerprint density at radius 3 is 2.28 bits per heavy atom. The van der Waals surface area contributed by atoms with Crippen LogP contribution < -0.4 is 30.0 Å². The van der Waals surface area contributed by atoms with Gasteiger partial charge in [0.2, 0.25) is 11.5 Å². The van der Waals surface area contributed by atoms with Gasteiger partial charge in [0.25, 0.3) is 5.91 Å². The van der Waals surface area contributed by atoms with Crippen molar-refractivity contribution in [1.29, 1.82) is 0 Å². The molecule has 2 aromatic rings. The van der Waals surface area contributed by atoms with Crippen LogP contribution in [-0.4, -0.2) is 39.8 Å². The summed E-state index contributed by atoms with van der Waals surface area (Å²) >= 11 is 0. The van der Waals surface area contributed by atoms with Gasteiger partial charge >= 0.3 is 0 Å². The van der Waals surface area contributed by atoms with Crippen LogP contribution in [0.15, 0.2) is 30.3 Å². The first-order chi connectivity index (χ1) is 15.6. The summed E-state index contributed by atoms with van der Waals surface area (Å²) in [5.74, 6) is 3.14. The standard InChI is InChI=1S/C25H32N2O5/c1-29-22-19(25(28)27-20-13-16-4-7-17(20)12-16)14-21(23(30-2)24(22)31-3)32-18-8-5-15(6-9-18)10-11-26/h5-6,8-9,14,16-17,20H,4,7,10-13,26H2,1-3H3,(H,27,28)/t16-,17+,20-/m1/s1. The van der Waals surface area contributed by atoms with Crippen LogP contribution in [0.5, 0.6) is 28.7 Å². The Morgan fingerprint density at radius 1 is 1.00 bits per heavy atom. The van der Waals surface area contributed by atoms with Crippen molar-refractivity contribution in [1.82, 2.24) is 5.32 Å². The molecule has 0 aliphatic heterocycles. The lowest BCUT2D eigenvalue weighted by Crippen LogP contribution is -2.38. The van der Waals surface area contributed by atoms with E-state index in [0.717, 1.165) is 24.3 Å². The van der Waals surface area contributed by atoms with Gasteiger partial charge in [-0.25, -0.2) is 0 Å². The maximum absolute atomic E-state index is 13.3. The maximum Gasteiger partial charge on any atom is 0.255 e. The predicted octanol–water partition coefficient (Wildman–Crippen LogP) is 3.92. The van der Waals surface area contributed by atoms with Crippen molar-refractivity contribution in [2.24, 2.45) is 17.6 Å². The van der Waals surface area contributed by atoms with Crippen LogP contribution in [0.25, 0.3) is 0 Å². The summed E-state index contributed by atoms with van der Waals surface area (Å²) in [4.78, 5) is 13.3. The smallest absolute Gasteiger partial charge is 0.255 e. The van der Waals surface area contributed by atoms with Crippen molar-refractivity contribution < 1.29 is 23.7 Å². The molecule has 172 valence electrons. The highest BCUT2D eigenvalue weighted by Crippen LogP contribution is 2.49. The lowest BCUT2D eigenvalue weighted by Gasteiger charge is -2.24. The van der Waals surface area contributed by atoms with Crippen LogP contribution >= 0.6 is 0 Å². The van der Waals surface area contributed by atoms with Gasteiger partial charge in [-0.3, -0.25) is 4.79 Å². The zero-order chi connectivity index (χ0) is 22.7. The molecule has 7 heteroatoms. The third kappa shape index (κ3) is 4.35. The largest absolute Gasteiger partial charge is 0.492 e. The number of hydrogen-bond donors (Lipinski definition) is 2.